The Bertz CT molecular complexity index is 258. The molecule has 1 rings (SSSR count). The van der Waals surface area contributed by atoms with Crippen LogP contribution in [-0.2, 0) is 16.8 Å². The Morgan fingerprint density at radius 1 is 1.36 bits per heavy atom. The Labute approximate surface area is 76.0 Å². The molecular weight excluding hydrogens is 228 g/mol. The fourth-order valence-electron chi connectivity index (χ4n) is 0.723. The number of hydrogen-bond acceptors (Lipinski definition) is 1. The highest BCUT2D eigenvalue weighted by Gasteiger charge is 1.96. The average molecular weight is 235 g/mol. The van der Waals surface area contributed by atoms with Crippen molar-refractivity contribution >= 4 is 27.0 Å². The molecule has 0 aromatic heterocycles. The van der Waals surface area contributed by atoms with Gasteiger partial charge in [-0.15, -0.1) is 0 Å². The molecule has 0 aliphatic rings. The molecule has 1 atom stereocenters. The van der Waals surface area contributed by atoms with Crippen molar-refractivity contribution in [2.45, 2.75) is 5.75 Å². The molecule has 4 heteroatoms. The molecule has 0 aliphatic carbocycles. The van der Waals surface area contributed by atoms with Gasteiger partial charge in [0.15, 0.2) is 11.1 Å². The molecule has 60 valence electrons. The van der Waals surface area contributed by atoms with Gasteiger partial charge >= 0.3 is 0 Å². The minimum Gasteiger partial charge on any atom is -0.306 e. The first-order chi connectivity index (χ1) is 5.18. The van der Waals surface area contributed by atoms with Gasteiger partial charge in [-0.25, -0.2) is 4.21 Å². The van der Waals surface area contributed by atoms with Gasteiger partial charge < -0.3 is 4.55 Å². The second-order valence-electron chi connectivity index (χ2n) is 2.09. The molecule has 0 bridgehead atoms. The van der Waals surface area contributed by atoms with Crippen molar-refractivity contribution in [2.75, 3.05) is 0 Å². The third-order valence-electron chi connectivity index (χ3n) is 1.20. The normalized spacial score (nSPS) is 12.9. The molecular formula is C7H7BrO2S. The van der Waals surface area contributed by atoms with E-state index in [1.54, 1.807) is 0 Å². The summed E-state index contributed by atoms with van der Waals surface area (Å²) in [6, 6.07) is 7.33. The van der Waals surface area contributed by atoms with Crippen molar-refractivity contribution in [1.29, 1.82) is 0 Å². The number of benzene rings is 1. The number of hydrogen-bond donors (Lipinski definition) is 1. The molecule has 0 saturated heterocycles. The molecule has 0 radical (unpaired) electrons. The Morgan fingerprint density at radius 3 is 2.36 bits per heavy atom. The van der Waals surface area contributed by atoms with Gasteiger partial charge in [-0.1, -0.05) is 28.1 Å². The summed E-state index contributed by atoms with van der Waals surface area (Å²) < 4.78 is 19.9. The Hall–Kier alpha value is -0.190. The minimum atomic E-state index is -1.74. The highest BCUT2D eigenvalue weighted by Crippen LogP contribution is 2.11. The van der Waals surface area contributed by atoms with Crippen molar-refractivity contribution < 1.29 is 8.76 Å². The lowest BCUT2D eigenvalue weighted by Crippen LogP contribution is -1.91. The molecule has 0 amide bonds. The summed E-state index contributed by atoms with van der Waals surface area (Å²) in [5.74, 6) is 0.202. The van der Waals surface area contributed by atoms with Crippen molar-refractivity contribution in [3.63, 3.8) is 0 Å². The molecule has 0 heterocycles. The van der Waals surface area contributed by atoms with Gasteiger partial charge in [-0.05, 0) is 17.7 Å². The molecule has 1 aromatic rings. The first-order valence-corrected chi connectivity index (χ1v) is 5.07. The van der Waals surface area contributed by atoms with Crippen LogP contribution in [0.15, 0.2) is 28.7 Å². The molecule has 0 spiro atoms. The van der Waals surface area contributed by atoms with Crippen LogP contribution >= 0.6 is 15.9 Å². The zero-order valence-electron chi connectivity index (χ0n) is 5.66. The van der Waals surface area contributed by atoms with Crippen LogP contribution in [0.25, 0.3) is 0 Å². The Morgan fingerprint density at radius 2 is 1.91 bits per heavy atom. The first kappa shape index (κ1) is 8.90. The molecule has 2 nitrogen and oxygen atoms in total. The lowest BCUT2D eigenvalue weighted by molar-refractivity contribution is 0.563. The van der Waals surface area contributed by atoms with E-state index in [1.165, 1.54) is 0 Å². The Kier molecular flexibility index (Phi) is 3.23. The summed E-state index contributed by atoms with van der Waals surface area (Å²) in [6.45, 7) is 0. The van der Waals surface area contributed by atoms with Crippen LogP contribution in [-0.4, -0.2) is 8.76 Å². The van der Waals surface area contributed by atoms with E-state index >= 15 is 0 Å². The predicted molar refractivity (Wildman–Crippen MR) is 48.6 cm³/mol. The summed E-state index contributed by atoms with van der Waals surface area (Å²) in [5, 5.41) is 0. The summed E-state index contributed by atoms with van der Waals surface area (Å²) in [7, 11) is 0. The monoisotopic (exact) mass is 234 g/mol. The maximum atomic E-state index is 10.4. The molecule has 0 saturated carbocycles. The topological polar surface area (TPSA) is 37.3 Å². The highest BCUT2D eigenvalue weighted by molar-refractivity contribution is 9.10. The quantitative estimate of drug-likeness (QED) is 0.797. The van der Waals surface area contributed by atoms with Gasteiger partial charge in [0.25, 0.3) is 0 Å². The van der Waals surface area contributed by atoms with Crippen molar-refractivity contribution in [2.24, 2.45) is 0 Å². The van der Waals surface area contributed by atoms with Crippen LogP contribution in [0, 0.1) is 0 Å². The maximum absolute atomic E-state index is 10.4. The zero-order valence-corrected chi connectivity index (χ0v) is 8.06. The van der Waals surface area contributed by atoms with Gasteiger partial charge in [-0.3, -0.25) is 0 Å². The SMILES string of the molecule is O=S(O)Cc1ccc(Br)cc1. The highest BCUT2D eigenvalue weighted by atomic mass is 79.9. The maximum Gasteiger partial charge on any atom is 0.157 e. The molecule has 1 unspecified atom stereocenters. The van der Waals surface area contributed by atoms with Gasteiger partial charge in [0.05, 0.1) is 5.75 Å². The Balaban J connectivity index is 2.74. The van der Waals surface area contributed by atoms with Crippen LogP contribution < -0.4 is 0 Å². The fraction of sp³-hybridized carbons (Fsp3) is 0.143. The second-order valence-corrected chi connectivity index (χ2v) is 3.94. The predicted octanol–water partition coefficient (Wildman–Crippen LogP) is 2.17. The zero-order chi connectivity index (χ0) is 8.27. The van der Waals surface area contributed by atoms with Gasteiger partial charge in [0, 0.05) is 4.47 Å². The van der Waals surface area contributed by atoms with E-state index < -0.39 is 11.1 Å². The minimum absolute atomic E-state index is 0.202. The molecule has 0 aliphatic heterocycles. The van der Waals surface area contributed by atoms with E-state index in [-0.39, 0.29) is 5.75 Å². The summed E-state index contributed by atoms with van der Waals surface area (Å²) in [4.78, 5) is 0. The smallest absolute Gasteiger partial charge is 0.157 e. The van der Waals surface area contributed by atoms with E-state index in [0.717, 1.165) is 10.0 Å². The van der Waals surface area contributed by atoms with E-state index in [1.807, 2.05) is 24.3 Å². The second kappa shape index (κ2) is 3.99. The van der Waals surface area contributed by atoms with Gasteiger partial charge in [0.2, 0.25) is 0 Å². The van der Waals surface area contributed by atoms with Crippen LogP contribution in [0.1, 0.15) is 5.56 Å². The fourth-order valence-corrected chi connectivity index (χ4v) is 1.47. The lowest BCUT2D eigenvalue weighted by atomic mass is 10.2. The standard InChI is InChI=1S/C7H7BrO2S/c8-7-3-1-6(2-4-7)5-11(9)10/h1-4H,5H2,(H,9,10). The summed E-state index contributed by atoms with van der Waals surface area (Å²) in [5.41, 5.74) is 0.869. The third-order valence-corrected chi connectivity index (χ3v) is 2.31. The average Bonchev–Trinajstić information content (AvgIpc) is 1.93. The number of halogens is 1. The molecule has 11 heavy (non-hydrogen) atoms. The van der Waals surface area contributed by atoms with Crippen molar-refractivity contribution in [1.82, 2.24) is 0 Å². The van der Waals surface area contributed by atoms with E-state index in [0.29, 0.717) is 0 Å². The molecule has 1 aromatic carbocycles. The van der Waals surface area contributed by atoms with E-state index in [2.05, 4.69) is 15.9 Å². The summed E-state index contributed by atoms with van der Waals surface area (Å²) in [6.07, 6.45) is 0. The summed E-state index contributed by atoms with van der Waals surface area (Å²) >= 11 is 1.53. The van der Waals surface area contributed by atoms with Crippen LogP contribution in [0.3, 0.4) is 0 Å². The third kappa shape index (κ3) is 3.14. The van der Waals surface area contributed by atoms with E-state index in [9.17, 15) is 4.21 Å². The van der Waals surface area contributed by atoms with Crippen molar-refractivity contribution in [3.8, 4) is 0 Å². The van der Waals surface area contributed by atoms with Gasteiger partial charge in [-0.2, -0.15) is 0 Å². The van der Waals surface area contributed by atoms with Crippen LogP contribution in [0.5, 0.6) is 0 Å². The van der Waals surface area contributed by atoms with Crippen molar-refractivity contribution in [3.05, 3.63) is 34.3 Å². The first-order valence-electron chi connectivity index (χ1n) is 3.00. The number of rotatable bonds is 2. The van der Waals surface area contributed by atoms with Crippen LogP contribution in [0.2, 0.25) is 0 Å². The lowest BCUT2D eigenvalue weighted by Gasteiger charge is -1.95. The largest absolute Gasteiger partial charge is 0.306 e. The molecule has 0 fully saturated rings. The molecule has 1 N–H and O–H groups in total. The van der Waals surface area contributed by atoms with Gasteiger partial charge in [0.1, 0.15) is 0 Å². The van der Waals surface area contributed by atoms with E-state index in [4.69, 9.17) is 4.55 Å². The van der Waals surface area contributed by atoms with Crippen LogP contribution in [0.4, 0.5) is 0 Å².